The number of para-hydroxylation sites is 1. The van der Waals surface area contributed by atoms with Crippen LogP contribution in [0.5, 0.6) is 0 Å². The van der Waals surface area contributed by atoms with Crippen LogP contribution in [0.1, 0.15) is 6.42 Å². The molecule has 0 saturated carbocycles. The minimum Gasteiger partial charge on any atom is -0.480 e. The first-order valence-corrected chi connectivity index (χ1v) is 8.40. The highest BCUT2D eigenvalue weighted by Crippen LogP contribution is 2.20. The van der Waals surface area contributed by atoms with Crippen LogP contribution in [0.3, 0.4) is 0 Å². The molecule has 1 amide bonds. The van der Waals surface area contributed by atoms with E-state index < -0.39 is 17.9 Å². The fourth-order valence-corrected chi connectivity index (χ4v) is 2.25. The first-order valence-electron chi connectivity index (χ1n) is 6.63. The summed E-state index contributed by atoms with van der Waals surface area (Å²) in [5.74, 6) is -1.06. The number of amides is 1. The Balaban J connectivity index is 2.78. The highest BCUT2D eigenvalue weighted by atomic mass is 35.5. The van der Waals surface area contributed by atoms with Gasteiger partial charge in [-0.05, 0) is 30.6 Å². The minimum absolute atomic E-state index is 0.236. The number of hydrogen-bond donors (Lipinski definition) is 3. The maximum atomic E-state index is 12.0. The molecule has 1 atom stereocenters. The average Bonchev–Trinajstić information content (AvgIpc) is 2.52. The molecule has 0 radical (unpaired) electrons. The Morgan fingerprint density at radius 1 is 1.48 bits per heavy atom. The summed E-state index contributed by atoms with van der Waals surface area (Å²) in [5.41, 5.74) is 0.137. The van der Waals surface area contributed by atoms with Crippen LogP contribution in [-0.4, -0.2) is 35.0 Å². The van der Waals surface area contributed by atoms with Crippen LogP contribution in [0.2, 0.25) is 5.02 Å². The fraction of sp³-hybridized carbons (Fsp3) is 0.267. The van der Waals surface area contributed by atoms with Gasteiger partial charge in [-0.1, -0.05) is 23.7 Å². The molecule has 0 aromatic heterocycles. The smallest absolute Gasteiger partial charge is 0.326 e. The maximum Gasteiger partial charge on any atom is 0.326 e. The molecule has 0 aliphatic rings. The summed E-state index contributed by atoms with van der Waals surface area (Å²) in [5, 5.41) is 23.6. The van der Waals surface area contributed by atoms with Crippen LogP contribution < -0.4 is 10.6 Å². The van der Waals surface area contributed by atoms with E-state index in [-0.39, 0.29) is 5.57 Å². The summed E-state index contributed by atoms with van der Waals surface area (Å²) < 4.78 is 0. The fourth-order valence-electron chi connectivity index (χ4n) is 1.60. The molecule has 8 heteroatoms. The SMILES string of the molecule is CSCCC(N/C=C(/C#N)C(=O)Nc1ccccc1Cl)C(=O)O. The van der Waals surface area contributed by atoms with Crippen LogP contribution in [0.25, 0.3) is 0 Å². The zero-order chi connectivity index (χ0) is 17.2. The van der Waals surface area contributed by atoms with Gasteiger partial charge in [0.2, 0.25) is 0 Å². The standard InChI is InChI=1S/C15H16ClN3O3S/c1-23-7-6-13(15(21)22)18-9-10(8-17)14(20)19-12-5-3-2-4-11(12)16/h2-5,9,13,18H,6-7H2,1H3,(H,19,20)(H,21,22)/b10-9-. The number of halogens is 1. The van der Waals surface area contributed by atoms with Gasteiger partial charge < -0.3 is 15.7 Å². The van der Waals surface area contributed by atoms with Crippen molar-refractivity contribution in [1.29, 1.82) is 5.26 Å². The zero-order valence-electron chi connectivity index (χ0n) is 12.4. The molecule has 0 bridgehead atoms. The van der Waals surface area contributed by atoms with Crippen molar-refractivity contribution in [1.82, 2.24) is 5.32 Å². The molecule has 0 saturated heterocycles. The van der Waals surface area contributed by atoms with E-state index >= 15 is 0 Å². The van der Waals surface area contributed by atoms with Crippen molar-refractivity contribution in [3.8, 4) is 6.07 Å². The van der Waals surface area contributed by atoms with E-state index in [1.807, 2.05) is 6.26 Å². The van der Waals surface area contributed by atoms with Crippen LogP contribution in [0.4, 0.5) is 5.69 Å². The molecule has 23 heavy (non-hydrogen) atoms. The molecule has 0 aliphatic carbocycles. The number of rotatable bonds is 8. The second kappa shape index (κ2) is 9.77. The normalized spacial score (nSPS) is 12.1. The first kappa shape index (κ1) is 18.9. The summed E-state index contributed by atoms with van der Waals surface area (Å²) in [4.78, 5) is 23.2. The van der Waals surface area contributed by atoms with Gasteiger partial charge in [-0.25, -0.2) is 4.79 Å². The van der Waals surface area contributed by atoms with Gasteiger partial charge in [0, 0.05) is 6.20 Å². The molecule has 1 rings (SSSR count). The third-order valence-electron chi connectivity index (χ3n) is 2.82. The zero-order valence-corrected chi connectivity index (χ0v) is 13.9. The van der Waals surface area contributed by atoms with E-state index in [0.717, 1.165) is 6.20 Å². The lowest BCUT2D eigenvalue weighted by molar-refractivity contribution is -0.139. The Kier molecular flexibility index (Phi) is 8.02. The number of anilines is 1. The number of carbonyl (C=O) groups is 2. The Hall–Kier alpha value is -2.17. The number of nitrogens with zero attached hydrogens (tertiary/aromatic N) is 1. The van der Waals surface area contributed by atoms with Gasteiger partial charge in [0.25, 0.3) is 5.91 Å². The molecule has 3 N–H and O–H groups in total. The monoisotopic (exact) mass is 353 g/mol. The molecule has 1 unspecified atom stereocenters. The van der Waals surface area contributed by atoms with Crippen molar-refractivity contribution in [3.63, 3.8) is 0 Å². The van der Waals surface area contributed by atoms with Crippen molar-refractivity contribution < 1.29 is 14.7 Å². The number of carbonyl (C=O) groups excluding carboxylic acids is 1. The lowest BCUT2D eigenvalue weighted by Gasteiger charge is -2.12. The predicted molar refractivity (Wildman–Crippen MR) is 91.3 cm³/mol. The third-order valence-corrected chi connectivity index (χ3v) is 3.80. The lowest BCUT2D eigenvalue weighted by atomic mass is 10.2. The van der Waals surface area contributed by atoms with E-state index in [0.29, 0.717) is 22.9 Å². The van der Waals surface area contributed by atoms with Crippen molar-refractivity contribution in [2.45, 2.75) is 12.5 Å². The van der Waals surface area contributed by atoms with Crippen LogP contribution in [-0.2, 0) is 9.59 Å². The topological polar surface area (TPSA) is 102 Å². The second-order valence-corrected chi connectivity index (χ2v) is 5.84. The summed E-state index contributed by atoms with van der Waals surface area (Å²) in [6.07, 6.45) is 3.36. The minimum atomic E-state index is -1.04. The molecule has 1 aromatic carbocycles. The molecule has 0 aliphatic heterocycles. The molecule has 0 spiro atoms. The first-order chi connectivity index (χ1) is 11.0. The second-order valence-electron chi connectivity index (χ2n) is 4.44. The van der Waals surface area contributed by atoms with Gasteiger partial charge in [-0.2, -0.15) is 17.0 Å². The van der Waals surface area contributed by atoms with Gasteiger partial charge in [0.1, 0.15) is 17.7 Å². The van der Waals surface area contributed by atoms with Crippen molar-refractivity contribution in [2.75, 3.05) is 17.3 Å². The molecule has 0 fully saturated rings. The molecular formula is C15H16ClN3O3S. The summed E-state index contributed by atoms with van der Waals surface area (Å²) in [6.45, 7) is 0. The Morgan fingerprint density at radius 3 is 2.74 bits per heavy atom. The number of carboxylic acid groups (broad SMARTS) is 1. The summed E-state index contributed by atoms with van der Waals surface area (Å²) in [6, 6.07) is 7.48. The van der Waals surface area contributed by atoms with E-state index in [1.165, 1.54) is 11.8 Å². The highest BCUT2D eigenvalue weighted by Gasteiger charge is 2.17. The summed E-state index contributed by atoms with van der Waals surface area (Å²) in [7, 11) is 0. The molecule has 122 valence electrons. The number of nitriles is 1. The Bertz CT molecular complexity index is 643. The Morgan fingerprint density at radius 2 is 2.17 bits per heavy atom. The van der Waals surface area contributed by atoms with Crippen LogP contribution in [0.15, 0.2) is 36.0 Å². The summed E-state index contributed by atoms with van der Waals surface area (Å²) >= 11 is 7.44. The average molecular weight is 354 g/mol. The largest absolute Gasteiger partial charge is 0.480 e. The van der Waals surface area contributed by atoms with Crippen LogP contribution in [0, 0.1) is 11.3 Å². The van der Waals surface area contributed by atoms with E-state index in [4.69, 9.17) is 22.0 Å². The molecule has 1 aromatic rings. The predicted octanol–water partition coefficient (Wildman–Crippen LogP) is 2.48. The van der Waals surface area contributed by atoms with E-state index in [9.17, 15) is 9.59 Å². The molecule has 0 heterocycles. The van der Waals surface area contributed by atoms with Crippen molar-refractivity contribution >= 4 is 40.9 Å². The maximum absolute atomic E-state index is 12.0. The van der Waals surface area contributed by atoms with Crippen molar-refractivity contribution in [3.05, 3.63) is 41.1 Å². The number of benzene rings is 1. The van der Waals surface area contributed by atoms with Gasteiger partial charge >= 0.3 is 5.97 Å². The Labute approximate surface area is 143 Å². The third kappa shape index (κ3) is 6.22. The van der Waals surface area contributed by atoms with Gasteiger partial charge in [0.05, 0.1) is 10.7 Å². The molecular weight excluding hydrogens is 338 g/mol. The van der Waals surface area contributed by atoms with Gasteiger partial charge in [-0.15, -0.1) is 0 Å². The number of aliphatic carboxylic acids is 1. The molecule has 6 nitrogen and oxygen atoms in total. The highest BCUT2D eigenvalue weighted by molar-refractivity contribution is 7.98. The van der Waals surface area contributed by atoms with Crippen molar-refractivity contribution in [2.24, 2.45) is 0 Å². The van der Waals surface area contributed by atoms with Crippen LogP contribution >= 0.6 is 23.4 Å². The number of carboxylic acids is 1. The number of thioether (sulfide) groups is 1. The van der Waals surface area contributed by atoms with Gasteiger partial charge in [-0.3, -0.25) is 4.79 Å². The van der Waals surface area contributed by atoms with E-state index in [2.05, 4.69) is 10.6 Å². The number of hydrogen-bond acceptors (Lipinski definition) is 5. The van der Waals surface area contributed by atoms with E-state index in [1.54, 1.807) is 30.3 Å². The van der Waals surface area contributed by atoms with Gasteiger partial charge in [0.15, 0.2) is 0 Å². The lowest BCUT2D eigenvalue weighted by Crippen LogP contribution is -2.34. The quantitative estimate of drug-likeness (QED) is 0.490. The number of nitrogens with one attached hydrogen (secondary N) is 2.